The van der Waals surface area contributed by atoms with Crippen molar-refractivity contribution in [3.8, 4) is 5.75 Å². The molecule has 9 heteroatoms. The van der Waals surface area contributed by atoms with Crippen LogP contribution in [-0.2, 0) is 20.0 Å². The van der Waals surface area contributed by atoms with Crippen LogP contribution in [0.3, 0.4) is 0 Å². The molecule has 1 rings (SSSR count). The molecule has 0 unspecified atom stereocenters. The second kappa shape index (κ2) is 4.41. The molecule has 1 aromatic rings. The monoisotopic (exact) mass is 280 g/mol. The van der Waals surface area contributed by atoms with Crippen molar-refractivity contribution in [2.24, 2.45) is 0 Å². The number of benzene rings is 1. The summed E-state index contributed by atoms with van der Waals surface area (Å²) in [5, 5.41) is 9.39. The van der Waals surface area contributed by atoms with E-state index < -0.39 is 20.0 Å². The number of phenols is 1. The van der Waals surface area contributed by atoms with Crippen LogP contribution in [0.1, 0.15) is 0 Å². The van der Waals surface area contributed by atoms with E-state index in [0.29, 0.717) is 0 Å². The van der Waals surface area contributed by atoms with Crippen molar-refractivity contribution in [1.82, 2.24) is 0 Å². The van der Waals surface area contributed by atoms with Crippen molar-refractivity contribution in [3.05, 3.63) is 18.2 Å². The minimum atomic E-state index is -3.55. The Hall–Kier alpha value is -1.48. The van der Waals surface area contributed by atoms with Gasteiger partial charge in [0.25, 0.3) is 0 Å². The summed E-state index contributed by atoms with van der Waals surface area (Å²) in [6.07, 6.45) is 1.88. The number of anilines is 2. The Kier molecular flexibility index (Phi) is 3.53. The van der Waals surface area contributed by atoms with E-state index in [0.717, 1.165) is 12.5 Å². The zero-order chi connectivity index (χ0) is 13.3. The predicted molar refractivity (Wildman–Crippen MR) is 65.0 cm³/mol. The number of rotatable bonds is 4. The molecule has 7 nitrogen and oxygen atoms in total. The van der Waals surface area contributed by atoms with Crippen molar-refractivity contribution in [2.75, 3.05) is 22.0 Å². The highest BCUT2D eigenvalue weighted by Crippen LogP contribution is 2.27. The molecule has 3 N–H and O–H groups in total. The molecule has 0 spiro atoms. The summed E-state index contributed by atoms with van der Waals surface area (Å²) in [6.45, 7) is 0. The first-order valence-electron chi connectivity index (χ1n) is 4.35. The normalized spacial score (nSPS) is 12.1. The summed E-state index contributed by atoms with van der Waals surface area (Å²) in [4.78, 5) is 0. The molecule has 0 aliphatic rings. The molecule has 0 aromatic heterocycles. The molecule has 0 heterocycles. The van der Waals surface area contributed by atoms with Gasteiger partial charge in [-0.2, -0.15) is 0 Å². The Balaban J connectivity index is 3.11. The van der Waals surface area contributed by atoms with Crippen LogP contribution in [0, 0.1) is 0 Å². The summed E-state index contributed by atoms with van der Waals surface area (Å²) < 4.78 is 48.1. The maximum absolute atomic E-state index is 11.0. The Morgan fingerprint density at radius 2 is 1.53 bits per heavy atom. The summed E-state index contributed by atoms with van der Waals surface area (Å²) in [5.74, 6) is -0.297. The van der Waals surface area contributed by atoms with Crippen LogP contribution >= 0.6 is 0 Å². The largest absolute Gasteiger partial charge is 0.506 e. The van der Waals surface area contributed by atoms with Gasteiger partial charge >= 0.3 is 0 Å². The van der Waals surface area contributed by atoms with Crippen LogP contribution in [0.5, 0.6) is 5.75 Å². The summed E-state index contributed by atoms with van der Waals surface area (Å²) in [6, 6.07) is 3.67. The van der Waals surface area contributed by atoms with Gasteiger partial charge in [-0.1, -0.05) is 0 Å². The molecular weight excluding hydrogens is 268 g/mol. The lowest BCUT2D eigenvalue weighted by atomic mass is 10.3. The molecular formula is C8H12N2O5S2. The fourth-order valence-corrected chi connectivity index (χ4v) is 2.21. The van der Waals surface area contributed by atoms with E-state index in [1.807, 2.05) is 0 Å². The number of phenolic OH excluding ortho intramolecular Hbond substituents is 1. The zero-order valence-corrected chi connectivity index (χ0v) is 10.8. The fraction of sp³-hybridized carbons (Fsp3) is 0.250. The summed E-state index contributed by atoms with van der Waals surface area (Å²) in [5.41, 5.74) is 0.0533. The number of aromatic hydroxyl groups is 1. The molecule has 0 radical (unpaired) electrons. The molecule has 96 valence electrons. The standard InChI is InChI=1S/C8H12N2O5S2/c1-16(12,13)9-6-3-4-8(11)7(5-6)10-17(2,14)15/h3-5,9-11H,1-2H3. The number of hydrogen-bond acceptors (Lipinski definition) is 5. The molecule has 0 aliphatic heterocycles. The van der Waals surface area contributed by atoms with Gasteiger partial charge in [-0.25, -0.2) is 16.8 Å². The van der Waals surface area contributed by atoms with Gasteiger partial charge in [-0.05, 0) is 18.2 Å². The lowest BCUT2D eigenvalue weighted by molar-refractivity contribution is 0.478. The topological polar surface area (TPSA) is 113 Å². The quantitative estimate of drug-likeness (QED) is 0.536. The highest BCUT2D eigenvalue weighted by atomic mass is 32.2. The third-order valence-corrected chi connectivity index (χ3v) is 2.79. The molecule has 0 saturated heterocycles. The molecule has 0 atom stereocenters. The third-order valence-electron chi connectivity index (χ3n) is 1.60. The molecule has 17 heavy (non-hydrogen) atoms. The van der Waals surface area contributed by atoms with E-state index in [4.69, 9.17) is 0 Å². The first-order valence-corrected chi connectivity index (χ1v) is 8.14. The van der Waals surface area contributed by atoms with Crippen LogP contribution in [-0.4, -0.2) is 34.5 Å². The van der Waals surface area contributed by atoms with Crippen LogP contribution in [0.4, 0.5) is 11.4 Å². The van der Waals surface area contributed by atoms with Gasteiger partial charge in [0.15, 0.2) is 0 Å². The van der Waals surface area contributed by atoms with Gasteiger partial charge in [-0.15, -0.1) is 0 Å². The predicted octanol–water partition coefficient (Wildman–Crippen LogP) is 0.135. The number of sulfonamides is 2. The summed E-state index contributed by atoms with van der Waals surface area (Å²) in [7, 11) is -7.01. The number of hydrogen-bond donors (Lipinski definition) is 3. The molecule has 1 aromatic carbocycles. The van der Waals surface area contributed by atoms with E-state index >= 15 is 0 Å². The van der Waals surface area contributed by atoms with Crippen LogP contribution in [0.15, 0.2) is 18.2 Å². The third kappa shape index (κ3) is 4.91. The molecule has 0 amide bonds. The van der Waals surface area contributed by atoms with E-state index in [1.54, 1.807) is 0 Å². The number of nitrogens with one attached hydrogen (secondary N) is 2. The molecule has 0 bridgehead atoms. The van der Waals surface area contributed by atoms with E-state index in [1.165, 1.54) is 18.2 Å². The highest BCUT2D eigenvalue weighted by molar-refractivity contribution is 7.92. The Labute approximate surface area is 99.6 Å². The SMILES string of the molecule is CS(=O)(=O)Nc1ccc(O)c(NS(C)(=O)=O)c1. The second-order valence-electron chi connectivity index (χ2n) is 3.48. The van der Waals surface area contributed by atoms with Gasteiger partial charge in [0.2, 0.25) is 20.0 Å². The second-order valence-corrected chi connectivity index (χ2v) is 6.98. The van der Waals surface area contributed by atoms with Crippen molar-refractivity contribution in [2.45, 2.75) is 0 Å². The van der Waals surface area contributed by atoms with Crippen molar-refractivity contribution in [1.29, 1.82) is 0 Å². The maximum atomic E-state index is 11.0. The van der Waals surface area contributed by atoms with Gasteiger partial charge in [0.1, 0.15) is 5.75 Å². The van der Waals surface area contributed by atoms with Crippen LogP contribution in [0.25, 0.3) is 0 Å². The average molecular weight is 280 g/mol. The van der Waals surface area contributed by atoms with Gasteiger partial charge in [-0.3, -0.25) is 9.44 Å². The Bertz CT molecular complexity index is 621. The first kappa shape index (κ1) is 13.6. The molecule has 0 saturated carbocycles. The highest BCUT2D eigenvalue weighted by Gasteiger charge is 2.09. The lowest BCUT2D eigenvalue weighted by Crippen LogP contribution is -2.12. The van der Waals surface area contributed by atoms with Gasteiger partial charge in [0.05, 0.1) is 23.9 Å². The lowest BCUT2D eigenvalue weighted by Gasteiger charge is -2.09. The minimum absolute atomic E-state index is 0.0962. The van der Waals surface area contributed by atoms with E-state index in [-0.39, 0.29) is 17.1 Å². The molecule has 0 fully saturated rings. The Morgan fingerprint density at radius 3 is 2.00 bits per heavy atom. The molecule has 0 aliphatic carbocycles. The van der Waals surface area contributed by atoms with Gasteiger partial charge < -0.3 is 5.11 Å². The smallest absolute Gasteiger partial charge is 0.229 e. The van der Waals surface area contributed by atoms with Crippen molar-refractivity contribution >= 4 is 31.4 Å². The van der Waals surface area contributed by atoms with Gasteiger partial charge in [0, 0.05) is 0 Å². The van der Waals surface area contributed by atoms with Crippen LogP contribution < -0.4 is 9.44 Å². The van der Waals surface area contributed by atoms with Crippen LogP contribution in [0.2, 0.25) is 0 Å². The van der Waals surface area contributed by atoms with E-state index in [2.05, 4.69) is 9.44 Å². The van der Waals surface area contributed by atoms with E-state index in [9.17, 15) is 21.9 Å². The minimum Gasteiger partial charge on any atom is -0.506 e. The Morgan fingerprint density at radius 1 is 1.00 bits per heavy atom. The van der Waals surface area contributed by atoms with Crippen molar-refractivity contribution in [3.63, 3.8) is 0 Å². The summed E-state index contributed by atoms with van der Waals surface area (Å²) >= 11 is 0. The fourth-order valence-electron chi connectivity index (χ4n) is 1.10. The van der Waals surface area contributed by atoms with Crippen molar-refractivity contribution < 1.29 is 21.9 Å². The maximum Gasteiger partial charge on any atom is 0.229 e. The average Bonchev–Trinajstić information content (AvgIpc) is 2.05. The zero-order valence-electron chi connectivity index (χ0n) is 9.13. The first-order chi connectivity index (χ1) is 7.57.